The predicted molar refractivity (Wildman–Crippen MR) is 181 cm³/mol. The Morgan fingerprint density at radius 3 is 2.37 bits per heavy atom. The Balaban J connectivity index is 1.29. The molecule has 238 valence electrons. The van der Waals surface area contributed by atoms with Crippen LogP contribution in [0.25, 0.3) is 39.0 Å². The molecule has 0 bridgehead atoms. The Kier molecular flexibility index (Phi) is 9.42. The van der Waals surface area contributed by atoms with Gasteiger partial charge in [-0.3, -0.25) is 14.2 Å². The van der Waals surface area contributed by atoms with E-state index in [-0.39, 0.29) is 11.5 Å². The van der Waals surface area contributed by atoms with E-state index in [1.54, 1.807) is 29.3 Å². The lowest BCUT2D eigenvalue weighted by molar-refractivity contribution is -0.127. The van der Waals surface area contributed by atoms with Crippen LogP contribution in [-0.4, -0.2) is 63.8 Å². The van der Waals surface area contributed by atoms with Gasteiger partial charge in [0.1, 0.15) is 11.3 Å². The number of benzene rings is 2. The molecule has 0 unspecified atom stereocenters. The number of aromatic nitrogens is 4. The Labute approximate surface area is 276 Å². The van der Waals surface area contributed by atoms with E-state index in [1.165, 1.54) is 0 Å². The summed E-state index contributed by atoms with van der Waals surface area (Å²) in [6.07, 6.45) is 3.34. The molecule has 12 heteroatoms. The number of amides is 1. The number of fused-ring (bicyclic) bond motifs is 1. The normalized spacial score (nSPS) is 13.2. The maximum Gasteiger partial charge on any atom is 0.277 e. The zero-order valence-electron chi connectivity index (χ0n) is 25.9. The zero-order chi connectivity index (χ0) is 32.4. The predicted octanol–water partition coefficient (Wildman–Crippen LogP) is 5.18. The van der Waals surface area contributed by atoms with Crippen LogP contribution in [0, 0.1) is 0 Å². The van der Waals surface area contributed by atoms with E-state index >= 15 is 0 Å². The first-order chi connectivity index (χ1) is 22.3. The summed E-state index contributed by atoms with van der Waals surface area (Å²) in [5, 5.41) is 12.2. The molecule has 0 spiro atoms. The monoisotopic (exact) mass is 659 g/mol. The van der Waals surface area contributed by atoms with Crippen LogP contribution in [-0.2, 0) is 24.9 Å². The molecule has 0 saturated carbocycles. The van der Waals surface area contributed by atoms with Gasteiger partial charge >= 0.3 is 0 Å². The first kappa shape index (κ1) is 31.7. The summed E-state index contributed by atoms with van der Waals surface area (Å²) >= 11 is 14.1. The van der Waals surface area contributed by atoms with E-state index in [2.05, 4.69) is 10.6 Å². The molecule has 1 amide bonds. The van der Waals surface area contributed by atoms with E-state index in [0.29, 0.717) is 65.6 Å². The summed E-state index contributed by atoms with van der Waals surface area (Å²) in [5.41, 5.74) is 5.67. The lowest BCUT2D eigenvalue weighted by Gasteiger charge is -2.16. The second kappa shape index (κ2) is 13.6. The van der Waals surface area contributed by atoms with Crippen LogP contribution in [0.3, 0.4) is 0 Å². The molecule has 5 aromatic rings. The maximum absolute atomic E-state index is 13.3. The summed E-state index contributed by atoms with van der Waals surface area (Å²) in [7, 11) is 5.19. The van der Waals surface area contributed by atoms with E-state index in [4.69, 9.17) is 38.0 Å². The molecule has 4 heterocycles. The summed E-state index contributed by atoms with van der Waals surface area (Å²) in [6.45, 7) is 3.07. The topological polar surface area (TPSA) is 106 Å². The van der Waals surface area contributed by atoms with Crippen LogP contribution in [0.5, 0.6) is 5.88 Å². The van der Waals surface area contributed by atoms with Gasteiger partial charge in [0.05, 0.1) is 29.4 Å². The molecule has 1 saturated heterocycles. The van der Waals surface area contributed by atoms with Crippen molar-refractivity contribution in [1.29, 1.82) is 0 Å². The number of methoxy groups -OCH3 is 1. The number of carbonyl (C=O) groups is 1. The molecule has 0 radical (unpaired) electrons. The first-order valence-corrected chi connectivity index (χ1v) is 15.9. The molecule has 0 atom stereocenters. The van der Waals surface area contributed by atoms with Crippen LogP contribution in [0.1, 0.15) is 24.2 Å². The number of hydrogen-bond acceptors (Lipinski definition) is 7. The highest BCUT2D eigenvalue weighted by Gasteiger charge is 2.20. The van der Waals surface area contributed by atoms with Crippen LogP contribution < -0.4 is 20.9 Å². The Hall–Kier alpha value is -4.22. The van der Waals surface area contributed by atoms with Crippen molar-refractivity contribution < 1.29 is 9.53 Å². The van der Waals surface area contributed by atoms with Crippen LogP contribution in [0.15, 0.2) is 65.6 Å². The number of nitrogens with zero attached hydrogens (tertiary/aromatic N) is 5. The largest absolute Gasteiger partial charge is 0.481 e. The van der Waals surface area contributed by atoms with Gasteiger partial charge < -0.3 is 20.3 Å². The van der Waals surface area contributed by atoms with E-state index in [1.807, 2.05) is 66.7 Å². The fourth-order valence-electron chi connectivity index (χ4n) is 5.85. The van der Waals surface area contributed by atoms with Crippen molar-refractivity contribution in [1.82, 2.24) is 34.7 Å². The van der Waals surface area contributed by atoms with Crippen LogP contribution in [0.2, 0.25) is 10.0 Å². The number of pyridine rings is 1. The average molecular weight is 661 g/mol. The van der Waals surface area contributed by atoms with Crippen molar-refractivity contribution in [3.63, 3.8) is 0 Å². The van der Waals surface area contributed by atoms with E-state index < -0.39 is 0 Å². The van der Waals surface area contributed by atoms with Gasteiger partial charge in [-0.2, -0.15) is 5.10 Å². The van der Waals surface area contributed by atoms with E-state index in [9.17, 15) is 9.59 Å². The first-order valence-electron chi connectivity index (χ1n) is 15.1. The molecule has 10 nitrogen and oxygen atoms in total. The Bertz CT molecular complexity index is 1990. The number of likely N-dealkylation sites (tertiary alicyclic amines) is 1. The molecule has 1 aliphatic rings. The molecule has 1 aliphatic heterocycles. The molecule has 1 fully saturated rings. The lowest BCUT2D eigenvalue weighted by atomic mass is 9.97. The number of nitrogens with one attached hydrogen (secondary N) is 2. The second-order valence-electron chi connectivity index (χ2n) is 11.2. The average Bonchev–Trinajstić information content (AvgIpc) is 3.68. The summed E-state index contributed by atoms with van der Waals surface area (Å²) in [6, 6.07) is 17.2. The second-order valence-corrected chi connectivity index (χ2v) is 12.0. The quantitative estimate of drug-likeness (QED) is 0.188. The van der Waals surface area contributed by atoms with Crippen LogP contribution in [0.4, 0.5) is 0 Å². The van der Waals surface area contributed by atoms with E-state index in [0.717, 1.165) is 46.3 Å². The zero-order valence-corrected chi connectivity index (χ0v) is 27.5. The third kappa shape index (κ3) is 6.13. The third-order valence-corrected chi connectivity index (χ3v) is 9.14. The molecule has 46 heavy (non-hydrogen) atoms. The molecule has 0 aliphatic carbocycles. The Morgan fingerprint density at radius 1 is 0.957 bits per heavy atom. The molecule has 3 aromatic heterocycles. The van der Waals surface area contributed by atoms with Crippen LogP contribution >= 0.6 is 23.2 Å². The van der Waals surface area contributed by atoms with Crippen molar-refractivity contribution in [3.8, 4) is 39.4 Å². The van der Waals surface area contributed by atoms with Crippen molar-refractivity contribution in [2.24, 2.45) is 7.05 Å². The Morgan fingerprint density at radius 2 is 1.67 bits per heavy atom. The summed E-state index contributed by atoms with van der Waals surface area (Å²) < 4.78 is 8.68. The highest BCUT2D eigenvalue weighted by Crippen LogP contribution is 2.42. The van der Waals surface area contributed by atoms with Crippen molar-refractivity contribution in [3.05, 3.63) is 92.6 Å². The third-order valence-electron chi connectivity index (χ3n) is 8.32. The highest BCUT2D eigenvalue weighted by atomic mass is 35.5. The minimum absolute atomic E-state index is 0.167. The summed E-state index contributed by atoms with van der Waals surface area (Å²) in [5.74, 6) is 1.31. The molecule has 6 rings (SSSR count). The van der Waals surface area contributed by atoms with Crippen molar-refractivity contribution >= 4 is 34.6 Å². The van der Waals surface area contributed by atoms with Gasteiger partial charge in [-0.25, -0.2) is 9.50 Å². The number of hydrogen-bond donors (Lipinski definition) is 2. The van der Waals surface area contributed by atoms with Gasteiger partial charge in [0.25, 0.3) is 5.56 Å². The van der Waals surface area contributed by atoms with Crippen molar-refractivity contribution in [2.75, 3.05) is 33.8 Å². The maximum atomic E-state index is 13.3. The number of halogens is 2. The van der Waals surface area contributed by atoms with Gasteiger partial charge in [-0.1, -0.05) is 65.7 Å². The van der Waals surface area contributed by atoms with Gasteiger partial charge in [-0.05, 0) is 25.6 Å². The SMILES string of the molecule is CNCc1ccc(-c2cccc(-c3cccc(-c4cc5c(=O)n(C)c(CNCCN6CCCC6=O)nn5c4)c3Cl)c2Cl)nc1OC. The fraction of sp³-hybridized carbons (Fsp3) is 0.294. The number of rotatable bonds is 11. The highest BCUT2D eigenvalue weighted by molar-refractivity contribution is 6.39. The molecular formula is C34H35Cl2N7O3. The lowest BCUT2D eigenvalue weighted by Crippen LogP contribution is -2.34. The van der Waals surface area contributed by atoms with Gasteiger partial charge in [0.15, 0.2) is 0 Å². The minimum Gasteiger partial charge on any atom is -0.481 e. The molecular weight excluding hydrogens is 625 g/mol. The smallest absolute Gasteiger partial charge is 0.277 e. The number of carbonyl (C=O) groups excluding carboxylic acids is 1. The van der Waals surface area contributed by atoms with Gasteiger partial charge in [-0.15, -0.1) is 0 Å². The minimum atomic E-state index is -0.167. The van der Waals surface area contributed by atoms with Gasteiger partial charge in [0.2, 0.25) is 11.8 Å². The molecule has 2 aromatic carbocycles. The number of ether oxygens (including phenoxy) is 1. The van der Waals surface area contributed by atoms with Gasteiger partial charge in [0, 0.05) is 79.2 Å². The summed E-state index contributed by atoms with van der Waals surface area (Å²) in [4.78, 5) is 31.8. The molecule has 2 N–H and O–H groups in total. The van der Waals surface area contributed by atoms with Crippen molar-refractivity contribution in [2.45, 2.75) is 25.9 Å². The standard InChI is InChI=1S/C34H35Cl2N7O3/c1-37-18-21-12-13-27(39-33(21)46-3)26-10-5-9-25(32(26)36)24-8-4-7-23(31(24)35)22-17-28-34(45)41(2)29(40-43(28)20-22)19-38-14-16-42-15-6-11-30(42)44/h4-5,7-10,12-13,17,20,37-38H,6,11,14-16,18-19H2,1-3H3. The fourth-order valence-corrected chi connectivity index (χ4v) is 6.51.